The third-order valence-electron chi connectivity index (χ3n) is 4.85. The molecule has 0 aliphatic heterocycles. The number of rotatable bonds is 6. The Bertz CT molecular complexity index is 1420. The van der Waals surface area contributed by atoms with Crippen molar-refractivity contribution in [3.63, 3.8) is 0 Å². The maximum atomic E-state index is 12.6. The number of halogens is 3. The minimum atomic E-state index is -4.77. The van der Waals surface area contributed by atoms with Crippen LogP contribution in [-0.4, -0.2) is 21.0 Å². The Morgan fingerprint density at radius 3 is 2.29 bits per heavy atom. The highest BCUT2D eigenvalue weighted by Gasteiger charge is 2.31. The molecule has 5 rings (SSSR count). The van der Waals surface area contributed by atoms with E-state index in [-0.39, 0.29) is 5.75 Å². The average molecular weight is 462 g/mol. The lowest BCUT2D eigenvalue weighted by Crippen LogP contribution is -2.17. The SMILES string of the molecule is FC(F)(F)Oc1cccc(-c2cnn3ccc(Nc4ccc(Oc5ccccc5)cc4)nc23)c1. The van der Waals surface area contributed by atoms with E-state index in [1.54, 1.807) is 29.0 Å². The summed E-state index contributed by atoms with van der Waals surface area (Å²) in [4.78, 5) is 4.60. The van der Waals surface area contributed by atoms with E-state index >= 15 is 0 Å². The van der Waals surface area contributed by atoms with E-state index < -0.39 is 6.36 Å². The number of fused-ring (bicyclic) bond motifs is 1. The Balaban J connectivity index is 1.37. The smallest absolute Gasteiger partial charge is 0.457 e. The van der Waals surface area contributed by atoms with E-state index in [1.165, 1.54) is 18.2 Å². The van der Waals surface area contributed by atoms with E-state index in [1.807, 2.05) is 54.6 Å². The standard InChI is InChI=1S/C25H17F3N4O2/c26-25(27,28)34-21-8-4-5-17(15-21)22-16-29-32-14-13-23(31-24(22)32)30-18-9-11-20(12-10-18)33-19-6-2-1-3-7-19/h1-16H,(H,30,31). The molecule has 0 saturated carbocycles. The van der Waals surface area contributed by atoms with E-state index in [2.05, 4.69) is 20.1 Å². The monoisotopic (exact) mass is 462 g/mol. The molecule has 0 fully saturated rings. The van der Waals surface area contributed by atoms with Crippen molar-refractivity contribution >= 4 is 17.2 Å². The van der Waals surface area contributed by atoms with Crippen LogP contribution < -0.4 is 14.8 Å². The predicted molar refractivity (Wildman–Crippen MR) is 121 cm³/mol. The first-order valence-corrected chi connectivity index (χ1v) is 10.2. The number of nitrogens with zero attached hydrogens (tertiary/aromatic N) is 3. The Kier molecular flexibility index (Phi) is 5.51. The summed E-state index contributed by atoms with van der Waals surface area (Å²) in [6, 6.07) is 24.3. The van der Waals surface area contributed by atoms with Crippen LogP contribution in [-0.2, 0) is 0 Å². The van der Waals surface area contributed by atoms with Gasteiger partial charge in [-0.1, -0.05) is 30.3 Å². The number of ether oxygens (including phenoxy) is 2. The van der Waals surface area contributed by atoms with Gasteiger partial charge in [0.2, 0.25) is 0 Å². The maximum absolute atomic E-state index is 12.6. The van der Waals surface area contributed by atoms with Gasteiger partial charge in [0.1, 0.15) is 23.1 Å². The molecule has 0 saturated heterocycles. The number of para-hydroxylation sites is 1. The van der Waals surface area contributed by atoms with Crippen molar-refractivity contribution in [3.05, 3.63) is 97.3 Å². The number of nitrogens with one attached hydrogen (secondary N) is 1. The lowest BCUT2D eigenvalue weighted by Gasteiger charge is -2.10. The predicted octanol–water partition coefficient (Wildman–Crippen LogP) is 6.83. The first-order chi connectivity index (χ1) is 16.4. The minimum Gasteiger partial charge on any atom is -0.457 e. The van der Waals surface area contributed by atoms with Crippen molar-refractivity contribution in [2.75, 3.05) is 5.32 Å². The topological polar surface area (TPSA) is 60.7 Å². The number of aromatic nitrogens is 3. The molecule has 2 heterocycles. The molecular formula is C25H17F3N4O2. The zero-order valence-corrected chi connectivity index (χ0v) is 17.5. The number of benzene rings is 3. The second-order valence-electron chi connectivity index (χ2n) is 7.28. The molecule has 0 atom stereocenters. The van der Waals surface area contributed by atoms with Crippen LogP contribution >= 0.6 is 0 Å². The van der Waals surface area contributed by atoms with Crippen molar-refractivity contribution in [2.24, 2.45) is 0 Å². The number of hydrogen-bond donors (Lipinski definition) is 1. The van der Waals surface area contributed by atoms with Crippen LogP contribution in [0.4, 0.5) is 24.7 Å². The third-order valence-corrected chi connectivity index (χ3v) is 4.85. The summed E-state index contributed by atoms with van der Waals surface area (Å²) in [7, 11) is 0. The molecule has 0 spiro atoms. The highest BCUT2D eigenvalue weighted by molar-refractivity contribution is 5.78. The summed E-state index contributed by atoms with van der Waals surface area (Å²) in [5, 5.41) is 7.46. The molecule has 2 aromatic heterocycles. The third kappa shape index (κ3) is 4.93. The van der Waals surface area contributed by atoms with E-state index in [9.17, 15) is 13.2 Å². The molecular weight excluding hydrogens is 445 g/mol. The molecule has 170 valence electrons. The molecule has 3 aromatic carbocycles. The molecule has 1 N–H and O–H groups in total. The highest BCUT2D eigenvalue weighted by Crippen LogP contribution is 2.30. The normalized spacial score (nSPS) is 11.4. The minimum absolute atomic E-state index is 0.309. The van der Waals surface area contributed by atoms with Gasteiger partial charge in [0.05, 0.1) is 6.20 Å². The summed E-state index contributed by atoms with van der Waals surface area (Å²) < 4.78 is 49.2. The quantitative estimate of drug-likeness (QED) is 0.300. The largest absolute Gasteiger partial charge is 0.573 e. The second-order valence-corrected chi connectivity index (χ2v) is 7.28. The van der Waals surface area contributed by atoms with Crippen molar-refractivity contribution < 1.29 is 22.6 Å². The van der Waals surface area contributed by atoms with Gasteiger partial charge in [-0.3, -0.25) is 0 Å². The van der Waals surface area contributed by atoms with Gasteiger partial charge in [0.25, 0.3) is 0 Å². The lowest BCUT2D eigenvalue weighted by atomic mass is 10.1. The van der Waals surface area contributed by atoms with E-state index in [0.717, 1.165) is 11.4 Å². The fourth-order valence-electron chi connectivity index (χ4n) is 3.38. The van der Waals surface area contributed by atoms with E-state index in [4.69, 9.17) is 4.74 Å². The first kappa shape index (κ1) is 21.3. The molecule has 5 aromatic rings. The molecule has 9 heteroatoms. The molecule has 6 nitrogen and oxygen atoms in total. The van der Waals surface area contributed by atoms with Gasteiger partial charge in [-0.2, -0.15) is 5.10 Å². The van der Waals surface area contributed by atoms with Crippen LogP contribution in [0.3, 0.4) is 0 Å². The Morgan fingerprint density at radius 2 is 1.53 bits per heavy atom. The number of anilines is 2. The molecule has 0 radical (unpaired) electrons. The molecule has 0 amide bonds. The van der Waals surface area contributed by atoms with Gasteiger partial charge in [0.15, 0.2) is 5.65 Å². The molecule has 34 heavy (non-hydrogen) atoms. The van der Waals surface area contributed by atoms with Gasteiger partial charge in [-0.25, -0.2) is 9.50 Å². The highest BCUT2D eigenvalue weighted by atomic mass is 19.4. The van der Waals surface area contributed by atoms with Gasteiger partial charge in [-0.05, 0) is 60.2 Å². The fourth-order valence-corrected chi connectivity index (χ4v) is 3.38. The lowest BCUT2D eigenvalue weighted by molar-refractivity contribution is -0.274. The van der Waals surface area contributed by atoms with Gasteiger partial charge >= 0.3 is 6.36 Å². The maximum Gasteiger partial charge on any atom is 0.573 e. The summed E-state index contributed by atoms with van der Waals surface area (Å²) in [6.45, 7) is 0. The van der Waals surface area contributed by atoms with E-state index in [0.29, 0.717) is 28.3 Å². The second kappa shape index (κ2) is 8.78. The summed E-state index contributed by atoms with van der Waals surface area (Å²) in [5.74, 6) is 1.68. The van der Waals surface area contributed by atoms with Crippen LogP contribution in [0.5, 0.6) is 17.2 Å². The number of hydrogen-bond acceptors (Lipinski definition) is 5. The average Bonchev–Trinajstić information content (AvgIpc) is 3.23. The van der Waals surface area contributed by atoms with Crippen LogP contribution in [0.25, 0.3) is 16.8 Å². The molecule has 0 aliphatic carbocycles. The van der Waals surface area contributed by atoms with Crippen molar-refractivity contribution in [1.29, 1.82) is 0 Å². The Morgan fingerprint density at radius 1 is 0.794 bits per heavy atom. The fraction of sp³-hybridized carbons (Fsp3) is 0.0400. The van der Waals surface area contributed by atoms with Gasteiger partial charge < -0.3 is 14.8 Å². The van der Waals surface area contributed by atoms with Crippen LogP contribution in [0.15, 0.2) is 97.3 Å². The Labute approximate surface area is 192 Å². The molecule has 0 aliphatic rings. The summed E-state index contributed by atoms with van der Waals surface area (Å²) in [5.41, 5.74) is 2.35. The summed E-state index contributed by atoms with van der Waals surface area (Å²) >= 11 is 0. The molecule has 0 bridgehead atoms. The van der Waals surface area contributed by atoms with Crippen LogP contribution in [0.1, 0.15) is 0 Å². The van der Waals surface area contributed by atoms with Crippen molar-refractivity contribution in [2.45, 2.75) is 6.36 Å². The summed E-state index contributed by atoms with van der Waals surface area (Å²) in [6.07, 6.45) is -1.50. The van der Waals surface area contributed by atoms with Crippen LogP contribution in [0.2, 0.25) is 0 Å². The van der Waals surface area contributed by atoms with Crippen LogP contribution in [0, 0.1) is 0 Å². The Hall–Kier alpha value is -4.53. The van der Waals surface area contributed by atoms with Gasteiger partial charge in [0, 0.05) is 17.4 Å². The number of alkyl halides is 3. The zero-order chi connectivity index (χ0) is 23.5. The first-order valence-electron chi connectivity index (χ1n) is 10.2. The van der Waals surface area contributed by atoms with Gasteiger partial charge in [-0.15, -0.1) is 13.2 Å². The zero-order valence-electron chi connectivity index (χ0n) is 17.5. The van der Waals surface area contributed by atoms with Crippen molar-refractivity contribution in [1.82, 2.24) is 14.6 Å². The van der Waals surface area contributed by atoms with Crippen molar-refractivity contribution in [3.8, 4) is 28.4 Å². The molecule has 0 unspecified atom stereocenters.